The molecule has 1 atom stereocenters. The Morgan fingerprint density at radius 1 is 1.17 bits per heavy atom. The number of amides is 2. The molecular formula is C27H34ClN3O3S2. The SMILES string of the molecule is CC(CC(=O)Oc1c(Cl)cc(N(S)C(=O)NC(C)(C)C)cc1-c1nc2ccccc2s1)CC(C)(C)C. The van der Waals surface area contributed by atoms with Crippen LogP contribution in [-0.4, -0.2) is 22.5 Å². The third-order valence-electron chi connectivity index (χ3n) is 5.16. The fraction of sp³-hybridized carbons (Fsp3) is 0.444. The summed E-state index contributed by atoms with van der Waals surface area (Å²) in [6.45, 7) is 14.1. The molecule has 1 unspecified atom stereocenters. The van der Waals surface area contributed by atoms with Gasteiger partial charge in [0, 0.05) is 12.0 Å². The first-order chi connectivity index (χ1) is 16.6. The Kier molecular flexibility index (Phi) is 8.63. The zero-order chi connectivity index (χ0) is 26.8. The summed E-state index contributed by atoms with van der Waals surface area (Å²) in [6, 6.07) is 10.6. The number of nitrogens with one attached hydrogen (secondary N) is 1. The molecular weight excluding hydrogens is 514 g/mol. The Balaban J connectivity index is 2.01. The molecule has 0 bridgehead atoms. The van der Waals surface area contributed by atoms with Crippen molar-refractivity contribution in [2.24, 2.45) is 11.3 Å². The van der Waals surface area contributed by atoms with E-state index in [0.717, 1.165) is 16.6 Å². The molecule has 0 fully saturated rings. The molecule has 0 saturated heterocycles. The summed E-state index contributed by atoms with van der Waals surface area (Å²) in [4.78, 5) is 30.4. The van der Waals surface area contributed by atoms with E-state index >= 15 is 0 Å². The summed E-state index contributed by atoms with van der Waals surface area (Å²) in [5.74, 6) is 0.0119. The van der Waals surface area contributed by atoms with E-state index in [2.05, 4.69) is 38.9 Å². The van der Waals surface area contributed by atoms with Crippen molar-refractivity contribution in [1.82, 2.24) is 10.3 Å². The smallest absolute Gasteiger partial charge is 0.332 e. The van der Waals surface area contributed by atoms with Gasteiger partial charge in [0.1, 0.15) is 5.01 Å². The number of carbonyl (C=O) groups is 2. The Bertz CT molecular complexity index is 1230. The Labute approximate surface area is 227 Å². The molecule has 0 aliphatic rings. The van der Waals surface area contributed by atoms with Gasteiger partial charge in [-0.15, -0.1) is 11.3 Å². The standard InChI is InChI=1S/C27H34ClN3O3S2/c1-16(15-26(2,3)4)12-22(32)34-23-18(24-29-20-10-8-9-11-21(20)36-24)13-17(14-19(23)28)31(35)25(33)30-27(5,6)7/h8-11,13-14,16,35H,12,15H2,1-7H3,(H,30,33). The number of thiol groups is 1. The molecule has 1 heterocycles. The first-order valence-corrected chi connectivity index (χ1v) is 13.4. The van der Waals surface area contributed by atoms with Gasteiger partial charge in [0.05, 0.1) is 26.5 Å². The Morgan fingerprint density at radius 3 is 2.44 bits per heavy atom. The van der Waals surface area contributed by atoms with Crippen molar-refractivity contribution in [1.29, 1.82) is 0 Å². The number of esters is 1. The van der Waals surface area contributed by atoms with Crippen LogP contribution in [0.25, 0.3) is 20.8 Å². The number of hydrogen-bond donors (Lipinski definition) is 2. The summed E-state index contributed by atoms with van der Waals surface area (Å²) in [7, 11) is 0. The highest BCUT2D eigenvalue weighted by Gasteiger charge is 2.25. The van der Waals surface area contributed by atoms with Crippen molar-refractivity contribution in [2.75, 3.05) is 4.31 Å². The molecule has 1 N–H and O–H groups in total. The van der Waals surface area contributed by atoms with Gasteiger partial charge in [-0.3, -0.25) is 4.79 Å². The largest absolute Gasteiger partial charge is 0.424 e. The minimum absolute atomic E-state index is 0.106. The summed E-state index contributed by atoms with van der Waals surface area (Å²) >= 11 is 12.5. The number of rotatable bonds is 6. The molecule has 0 spiro atoms. The van der Waals surface area contributed by atoms with Crippen LogP contribution in [0.4, 0.5) is 10.5 Å². The molecule has 0 aliphatic carbocycles. The van der Waals surface area contributed by atoms with Gasteiger partial charge in [-0.1, -0.05) is 64.2 Å². The molecule has 0 saturated carbocycles. The Morgan fingerprint density at radius 2 is 1.83 bits per heavy atom. The molecule has 9 heteroatoms. The number of fused-ring (bicyclic) bond motifs is 1. The van der Waals surface area contributed by atoms with Crippen LogP contribution < -0.4 is 14.4 Å². The fourth-order valence-corrected chi connectivity index (χ4v) is 5.40. The third-order valence-corrected chi connectivity index (χ3v) is 6.93. The number of aromatic nitrogens is 1. The van der Waals surface area contributed by atoms with Crippen molar-refractivity contribution >= 4 is 63.7 Å². The van der Waals surface area contributed by atoms with Crippen LogP contribution in [0.5, 0.6) is 5.75 Å². The molecule has 194 valence electrons. The van der Waals surface area contributed by atoms with Crippen LogP contribution in [-0.2, 0) is 4.79 Å². The van der Waals surface area contributed by atoms with E-state index in [1.807, 2.05) is 52.0 Å². The van der Waals surface area contributed by atoms with Crippen LogP contribution in [0.2, 0.25) is 5.02 Å². The third kappa shape index (κ3) is 7.60. The van der Waals surface area contributed by atoms with E-state index in [4.69, 9.17) is 21.3 Å². The number of hydrogen-bond acceptors (Lipinski definition) is 6. The first kappa shape index (κ1) is 28.3. The van der Waals surface area contributed by atoms with Crippen LogP contribution in [0.3, 0.4) is 0 Å². The van der Waals surface area contributed by atoms with E-state index in [1.165, 1.54) is 15.6 Å². The van der Waals surface area contributed by atoms with E-state index in [0.29, 0.717) is 16.3 Å². The summed E-state index contributed by atoms with van der Waals surface area (Å²) in [5, 5.41) is 3.70. The zero-order valence-corrected chi connectivity index (χ0v) is 24.3. The predicted octanol–water partition coefficient (Wildman–Crippen LogP) is 8.14. The van der Waals surface area contributed by atoms with Gasteiger partial charge in [0.25, 0.3) is 0 Å². The van der Waals surface area contributed by atoms with Crippen molar-refractivity contribution in [3.63, 3.8) is 0 Å². The quantitative estimate of drug-likeness (QED) is 0.185. The first-order valence-electron chi connectivity index (χ1n) is 11.8. The molecule has 1 aromatic heterocycles. The van der Waals surface area contributed by atoms with Gasteiger partial charge in [-0.25, -0.2) is 14.1 Å². The average molecular weight is 548 g/mol. The molecule has 3 aromatic rings. The molecule has 0 radical (unpaired) electrons. The summed E-state index contributed by atoms with van der Waals surface area (Å²) in [5.41, 5.74) is 1.44. The molecule has 6 nitrogen and oxygen atoms in total. The van der Waals surface area contributed by atoms with Crippen molar-refractivity contribution < 1.29 is 14.3 Å². The second-order valence-corrected chi connectivity index (χ2v) is 13.2. The number of halogens is 1. The maximum absolute atomic E-state index is 12.9. The highest BCUT2D eigenvalue weighted by Crippen LogP contribution is 2.43. The number of benzene rings is 2. The average Bonchev–Trinajstić information content (AvgIpc) is 3.15. The lowest BCUT2D eigenvalue weighted by Gasteiger charge is -2.25. The molecule has 36 heavy (non-hydrogen) atoms. The lowest BCUT2D eigenvalue weighted by molar-refractivity contribution is -0.135. The van der Waals surface area contributed by atoms with Gasteiger partial charge in [0.15, 0.2) is 5.75 Å². The molecule has 3 rings (SSSR count). The summed E-state index contributed by atoms with van der Waals surface area (Å²) in [6.07, 6.45) is 1.15. The molecule has 2 aromatic carbocycles. The minimum Gasteiger partial charge on any atom is -0.424 e. The normalized spacial score (nSPS) is 12.9. The van der Waals surface area contributed by atoms with Gasteiger partial charge >= 0.3 is 12.0 Å². The van der Waals surface area contributed by atoms with Gasteiger partial charge < -0.3 is 10.1 Å². The van der Waals surface area contributed by atoms with E-state index in [-0.39, 0.29) is 34.5 Å². The second kappa shape index (κ2) is 11.0. The van der Waals surface area contributed by atoms with Crippen molar-refractivity contribution in [2.45, 2.75) is 66.8 Å². The zero-order valence-electron chi connectivity index (χ0n) is 21.8. The lowest BCUT2D eigenvalue weighted by Crippen LogP contribution is -2.45. The van der Waals surface area contributed by atoms with Crippen LogP contribution in [0, 0.1) is 11.3 Å². The fourth-order valence-electron chi connectivity index (χ4n) is 4.00. The maximum Gasteiger partial charge on any atom is 0.332 e. The number of carbonyl (C=O) groups excluding carboxylic acids is 2. The monoisotopic (exact) mass is 547 g/mol. The van der Waals surface area contributed by atoms with Gasteiger partial charge in [0.2, 0.25) is 0 Å². The summed E-state index contributed by atoms with van der Waals surface area (Å²) < 4.78 is 8.01. The maximum atomic E-state index is 12.9. The lowest BCUT2D eigenvalue weighted by atomic mass is 9.84. The van der Waals surface area contributed by atoms with E-state index < -0.39 is 11.6 Å². The number of ether oxygens (including phenoxy) is 1. The highest BCUT2D eigenvalue weighted by atomic mass is 35.5. The van der Waals surface area contributed by atoms with E-state index in [1.54, 1.807) is 12.1 Å². The highest BCUT2D eigenvalue weighted by molar-refractivity contribution is 7.82. The number of para-hydroxylation sites is 1. The van der Waals surface area contributed by atoms with Gasteiger partial charge in [-0.2, -0.15) is 0 Å². The van der Waals surface area contributed by atoms with Crippen LogP contribution >= 0.6 is 35.8 Å². The van der Waals surface area contributed by atoms with Crippen molar-refractivity contribution in [3.05, 3.63) is 41.4 Å². The minimum atomic E-state index is -0.447. The topological polar surface area (TPSA) is 71.5 Å². The number of nitrogens with zero attached hydrogens (tertiary/aromatic N) is 2. The van der Waals surface area contributed by atoms with Crippen LogP contribution in [0.15, 0.2) is 36.4 Å². The molecule has 0 aliphatic heterocycles. The number of thiazole rings is 1. The molecule has 2 amide bonds. The van der Waals surface area contributed by atoms with E-state index in [9.17, 15) is 9.59 Å². The van der Waals surface area contributed by atoms with Crippen molar-refractivity contribution in [3.8, 4) is 16.3 Å². The predicted molar refractivity (Wildman–Crippen MR) is 153 cm³/mol. The number of anilines is 1. The Hall–Kier alpha value is -2.29. The number of urea groups is 1. The second-order valence-electron chi connectivity index (χ2n) is 11.3. The van der Waals surface area contributed by atoms with Gasteiger partial charge in [-0.05, 0) is 62.8 Å². The van der Waals surface area contributed by atoms with Crippen LogP contribution in [0.1, 0.15) is 61.3 Å².